The van der Waals surface area contributed by atoms with Crippen LogP contribution in [0.1, 0.15) is 25.7 Å². The summed E-state index contributed by atoms with van der Waals surface area (Å²) in [4.78, 5) is 18.3. The van der Waals surface area contributed by atoms with Crippen molar-refractivity contribution >= 4 is 51.0 Å². The summed E-state index contributed by atoms with van der Waals surface area (Å²) >= 11 is 1.28. The number of fused-ring (bicyclic) bond motifs is 1. The van der Waals surface area contributed by atoms with Crippen LogP contribution in [0.3, 0.4) is 0 Å². The summed E-state index contributed by atoms with van der Waals surface area (Å²) in [7, 11) is 0. The topological polar surface area (TPSA) is 89.5 Å². The van der Waals surface area contributed by atoms with Crippen molar-refractivity contribution in [2.24, 2.45) is 5.92 Å². The molecule has 1 saturated carbocycles. The summed E-state index contributed by atoms with van der Waals surface area (Å²) in [5, 5.41) is 11.8. The van der Waals surface area contributed by atoms with Crippen LogP contribution in [0.5, 0.6) is 5.75 Å². The molecule has 1 aliphatic heterocycles. The van der Waals surface area contributed by atoms with E-state index in [1.54, 1.807) is 18.3 Å². The van der Waals surface area contributed by atoms with E-state index in [-0.39, 0.29) is 18.2 Å². The predicted octanol–water partition coefficient (Wildman–Crippen LogP) is 5.40. The molecule has 1 N–H and O–H groups in total. The van der Waals surface area contributed by atoms with Gasteiger partial charge in [-0.2, -0.15) is 5.10 Å². The van der Waals surface area contributed by atoms with E-state index in [1.807, 2.05) is 0 Å². The molecule has 8 nitrogen and oxygen atoms in total. The second-order valence-corrected chi connectivity index (χ2v) is 9.27. The molecule has 0 atom stereocenters. The zero-order chi connectivity index (χ0) is 23.1. The summed E-state index contributed by atoms with van der Waals surface area (Å²) in [6.45, 7) is 1.15. The van der Waals surface area contributed by atoms with Gasteiger partial charge in [-0.25, -0.2) is 9.78 Å². The van der Waals surface area contributed by atoms with E-state index >= 15 is 0 Å². The second kappa shape index (κ2) is 9.41. The van der Waals surface area contributed by atoms with Crippen LogP contribution in [0.15, 0.2) is 36.5 Å². The van der Waals surface area contributed by atoms with Gasteiger partial charge in [-0.3, -0.25) is 4.90 Å². The smallest absolute Gasteiger partial charge is 0.441 e. The van der Waals surface area contributed by atoms with Gasteiger partial charge in [0, 0.05) is 18.8 Å². The molecule has 5 rings (SSSR count). The Morgan fingerprint density at radius 3 is 2.76 bits per heavy atom. The highest BCUT2D eigenvalue weighted by atomic mass is 35.5. The van der Waals surface area contributed by atoms with Crippen LogP contribution in [0.4, 0.5) is 28.9 Å². The van der Waals surface area contributed by atoms with E-state index in [0.717, 1.165) is 25.7 Å². The van der Waals surface area contributed by atoms with Gasteiger partial charge in [-0.1, -0.05) is 11.3 Å². The molecule has 0 bridgehead atoms. The van der Waals surface area contributed by atoms with E-state index in [1.165, 1.54) is 34.4 Å². The van der Waals surface area contributed by atoms with Gasteiger partial charge in [0.1, 0.15) is 11.4 Å². The second-order valence-electron chi connectivity index (χ2n) is 8.24. The Labute approximate surface area is 202 Å². The van der Waals surface area contributed by atoms with E-state index in [0.29, 0.717) is 40.2 Å². The van der Waals surface area contributed by atoms with Crippen LogP contribution in [0.25, 0.3) is 10.2 Å². The zero-order valence-corrected chi connectivity index (χ0v) is 19.4. The van der Waals surface area contributed by atoms with E-state index < -0.39 is 18.1 Å². The van der Waals surface area contributed by atoms with Gasteiger partial charge in [-0.15, -0.1) is 30.7 Å². The molecular weight excluding hydrogens is 495 g/mol. The Hall–Kier alpha value is -2.86. The first kappa shape index (κ1) is 24.3. The highest BCUT2D eigenvalue weighted by Gasteiger charge is 2.48. The van der Waals surface area contributed by atoms with Gasteiger partial charge in [0.2, 0.25) is 0 Å². The average molecular weight is 516 g/mol. The minimum Gasteiger partial charge on any atom is -0.441 e. The third kappa shape index (κ3) is 5.27. The van der Waals surface area contributed by atoms with Crippen LogP contribution in [0.2, 0.25) is 0 Å². The van der Waals surface area contributed by atoms with Crippen molar-refractivity contribution in [2.75, 3.05) is 23.3 Å². The van der Waals surface area contributed by atoms with Gasteiger partial charge < -0.3 is 14.8 Å². The van der Waals surface area contributed by atoms with Crippen molar-refractivity contribution in [3.63, 3.8) is 0 Å². The molecule has 182 valence electrons. The quantitative estimate of drug-likeness (QED) is 0.486. The first-order chi connectivity index (χ1) is 15.8. The molecule has 1 amide bonds. The number of halogens is 4. The van der Waals surface area contributed by atoms with Gasteiger partial charge in [0.25, 0.3) is 0 Å². The van der Waals surface area contributed by atoms with Gasteiger partial charge in [-0.05, 0) is 55.9 Å². The fourth-order valence-corrected chi connectivity index (χ4v) is 5.22. The van der Waals surface area contributed by atoms with Crippen molar-refractivity contribution in [3.05, 3.63) is 36.5 Å². The normalized spacial score (nSPS) is 22.5. The molecule has 34 heavy (non-hydrogen) atoms. The highest BCUT2D eigenvalue weighted by molar-refractivity contribution is 7.22. The summed E-state index contributed by atoms with van der Waals surface area (Å²) in [6.07, 6.45) is -0.308. The molecule has 0 radical (unpaired) electrons. The number of alkyl halides is 3. The Balaban J connectivity index is 0.00000274. The van der Waals surface area contributed by atoms with Crippen LogP contribution in [-0.2, 0) is 4.74 Å². The number of rotatable bonds is 5. The maximum absolute atomic E-state index is 12.4. The first-order valence-electron chi connectivity index (χ1n) is 10.5. The van der Waals surface area contributed by atoms with Gasteiger partial charge in [0.05, 0.1) is 16.8 Å². The third-order valence-electron chi connectivity index (χ3n) is 5.96. The molecule has 1 saturated heterocycles. The summed E-state index contributed by atoms with van der Waals surface area (Å²) < 4.78 is 47.6. The molecule has 1 aliphatic carbocycles. The zero-order valence-electron chi connectivity index (χ0n) is 17.7. The minimum absolute atomic E-state index is 0. The SMILES string of the molecule is Cl.O=C1O[C@]2(CC[C@H](CNc3nc4ccc(OC(F)(F)F)cc4s3)CC2)CN1c1cccnn1. The van der Waals surface area contributed by atoms with Crippen molar-refractivity contribution in [1.29, 1.82) is 0 Å². The molecule has 2 aliphatic rings. The number of aromatic nitrogens is 3. The van der Waals surface area contributed by atoms with E-state index in [2.05, 4.69) is 25.2 Å². The molecule has 3 aromatic rings. The molecule has 2 aromatic heterocycles. The molecular formula is C21H21ClF3N5O3S. The fourth-order valence-electron chi connectivity index (χ4n) is 4.31. The van der Waals surface area contributed by atoms with Crippen molar-refractivity contribution in [2.45, 2.75) is 37.6 Å². The summed E-state index contributed by atoms with van der Waals surface area (Å²) in [5.74, 6) is 0.600. The predicted molar refractivity (Wildman–Crippen MR) is 123 cm³/mol. The van der Waals surface area contributed by atoms with Crippen LogP contribution < -0.4 is 15.0 Å². The number of carbonyl (C=O) groups excluding carboxylic acids is 1. The standard InChI is InChI=1S/C21H20F3N5O3S.ClH/c22-21(23,24)31-14-3-4-15-16(10-14)33-18(27-15)25-11-13-5-7-20(8-6-13)12-29(19(30)32-20)17-2-1-9-26-28-17;/h1-4,9-10,13H,5-8,11-12H2,(H,25,27);1H/t13-,20-;. The summed E-state index contributed by atoms with van der Waals surface area (Å²) in [6, 6.07) is 7.58. The molecule has 2 fully saturated rings. The average Bonchev–Trinajstić information content (AvgIpc) is 3.33. The molecule has 0 unspecified atom stereocenters. The number of ether oxygens (including phenoxy) is 2. The number of nitrogens with one attached hydrogen (secondary N) is 1. The number of nitrogens with zero attached hydrogens (tertiary/aromatic N) is 4. The Morgan fingerprint density at radius 2 is 2.06 bits per heavy atom. The van der Waals surface area contributed by atoms with E-state index in [4.69, 9.17) is 4.74 Å². The Kier molecular flexibility index (Phi) is 6.72. The lowest BCUT2D eigenvalue weighted by Gasteiger charge is -2.35. The Bertz CT molecular complexity index is 1160. The fraction of sp³-hybridized carbons (Fsp3) is 0.429. The Morgan fingerprint density at radius 1 is 1.26 bits per heavy atom. The van der Waals surface area contributed by atoms with Crippen LogP contribution in [-0.4, -0.2) is 46.3 Å². The van der Waals surface area contributed by atoms with Crippen LogP contribution in [0, 0.1) is 5.92 Å². The number of thiazole rings is 1. The number of carbonyl (C=O) groups is 1. The molecule has 3 heterocycles. The lowest BCUT2D eigenvalue weighted by molar-refractivity contribution is -0.274. The summed E-state index contributed by atoms with van der Waals surface area (Å²) in [5.41, 5.74) is 0.108. The van der Waals surface area contributed by atoms with E-state index in [9.17, 15) is 18.0 Å². The van der Waals surface area contributed by atoms with Crippen molar-refractivity contribution in [3.8, 4) is 5.75 Å². The molecule has 13 heteroatoms. The number of hydrogen-bond donors (Lipinski definition) is 1. The first-order valence-corrected chi connectivity index (χ1v) is 11.3. The van der Waals surface area contributed by atoms with Crippen LogP contribution >= 0.6 is 23.7 Å². The molecule has 1 spiro atoms. The van der Waals surface area contributed by atoms with Gasteiger partial charge in [0.15, 0.2) is 10.9 Å². The van der Waals surface area contributed by atoms with Crippen molar-refractivity contribution in [1.82, 2.24) is 15.2 Å². The number of amides is 1. The highest BCUT2D eigenvalue weighted by Crippen LogP contribution is 2.40. The number of hydrogen-bond acceptors (Lipinski definition) is 8. The number of benzene rings is 1. The minimum atomic E-state index is -4.73. The lowest BCUT2D eigenvalue weighted by Crippen LogP contribution is -2.39. The van der Waals surface area contributed by atoms with Gasteiger partial charge >= 0.3 is 12.5 Å². The number of anilines is 2. The van der Waals surface area contributed by atoms with Crippen molar-refractivity contribution < 1.29 is 27.4 Å². The maximum Gasteiger partial charge on any atom is 0.573 e. The molecule has 1 aromatic carbocycles. The monoisotopic (exact) mass is 515 g/mol. The lowest BCUT2D eigenvalue weighted by atomic mass is 9.78. The largest absolute Gasteiger partial charge is 0.573 e. The maximum atomic E-state index is 12.4. The third-order valence-corrected chi connectivity index (χ3v) is 6.93.